The van der Waals surface area contributed by atoms with Crippen LogP contribution in [0.1, 0.15) is 30.0 Å². The molecule has 0 bridgehead atoms. The Morgan fingerprint density at radius 2 is 2.29 bits per heavy atom. The zero-order chi connectivity index (χ0) is 16.5. The van der Waals surface area contributed by atoms with Crippen molar-refractivity contribution in [1.82, 2.24) is 29.3 Å². The second-order valence-electron chi connectivity index (χ2n) is 6.25. The normalized spacial score (nSPS) is 19.1. The van der Waals surface area contributed by atoms with Gasteiger partial charge in [-0.05, 0) is 32.4 Å². The van der Waals surface area contributed by atoms with E-state index in [9.17, 15) is 4.79 Å². The van der Waals surface area contributed by atoms with Gasteiger partial charge in [-0.3, -0.25) is 14.4 Å². The Morgan fingerprint density at radius 1 is 1.38 bits per heavy atom. The lowest BCUT2D eigenvalue weighted by Gasteiger charge is -2.35. The van der Waals surface area contributed by atoms with Gasteiger partial charge in [0.15, 0.2) is 0 Å². The minimum Gasteiger partial charge on any atom is -0.293 e. The van der Waals surface area contributed by atoms with Gasteiger partial charge in [-0.15, -0.1) is 0 Å². The zero-order valence-electron chi connectivity index (χ0n) is 13.6. The molecule has 8 heteroatoms. The fourth-order valence-corrected chi connectivity index (χ4v) is 4.11. The Balaban J connectivity index is 1.57. The van der Waals surface area contributed by atoms with Gasteiger partial charge < -0.3 is 0 Å². The summed E-state index contributed by atoms with van der Waals surface area (Å²) in [6.45, 7) is 4.51. The summed E-state index contributed by atoms with van der Waals surface area (Å²) in [5.74, 6) is 0. The summed E-state index contributed by atoms with van der Waals surface area (Å²) in [6, 6.07) is 4.00. The molecule has 0 aromatic carbocycles. The second kappa shape index (κ2) is 6.45. The molecule has 0 saturated carbocycles. The van der Waals surface area contributed by atoms with Gasteiger partial charge in [-0.1, -0.05) is 17.8 Å². The molecule has 3 aromatic heterocycles. The molecule has 0 radical (unpaired) electrons. The van der Waals surface area contributed by atoms with Crippen molar-refractivity contribution < 1.29 is 0 Å². The van der Waals surface area contributed by atoms with Gasteiger partial charge in [0, 0.05) is 31.0 Å². The molecular weight excluding hydrogens is 324 g/mol. The summed E-state index contributed by atoms with van der Waals surface area (Å²) in [4.78, 5) is 20.0. The van der Waals surface area contributed by atoms with Crippen molar-refractivity contribution in [3.05, 3.63) is 45.6 Å². The van der Waals surface area contributed by atoms with Crippen LogP contribution in [0.15, 0.2) is 29.3 Å². The predicted octanol–water partition coefficient (Wildman–Crippen LogP) is 1.71. The fourth-order valence-electron chi connectivity index (χ4n) is 3.34. The number of likely N-dealkylation sites (tertiary alicyclic amines) is 1. The van der Waals surface area contributed by atoms with Gasteiger partial charge in [-0.2, -0.15) is 14.7 Å². The summed E-state index contributed by atoms with van der Waals surface area (Å²) in [6.07, 6.45) is 7.40. The van der Waals surface area contributed by atoms with E-state index in [2.05, 4.69) is 20.1 Å². The van der Waals surface area contributed by atoms with Gasteiger partial charge >= 0.3 is 0 Å². The van der Waals surface area contributed by atoms with Gasteiger partial charge in [0.2, 0.25) is 4.96 Å². The van der Waals surface area contributed by atoms with E-state index in [1.54, 1.807) is 6.07 Å². The standard InChI is InChI=1S/C16H20N6OS/c1-12-19-22-15(23)9-13(18-16(22)24-12)10-20-7-3-2-5-14(20)11-21-8-4-6-17-21/h4,6,8-9,14H,2-3,5,7,10-11H2,1H3/t14-/m1/s1. The molecule has 1 saturated heterocycles. The van der Waals surface area contributed by atoms with E-state index in [0.29, 0.717) is 17.5 Å². The van der Waals surface area contributed by atoms with Crippen LogP contribution in [0, 0.1) is 6.92 Å². The Bertz CT molecular complexity index is 884. The van der Waals surface area contributed by atoms with Crippen LogP contribution in [0.4, 0.5) is 0 Å². The molecule has 1 atom stereocenters. The highest BCUT2D eigenvalue weighted by atomic mass is 32.1. The number of hydrogen-bond donors (Lipinski definition) is 0. The molecule has 126 valence electrons. The maximum atomic E-state index is 12.2. The Labute approximate surface area is 143 Å². The van der Waals surface area contributed by atoms with Crippen LogP contribution in [-0.4, -0.2) is 41.9 Å². The highest BCUT2D eigenvalue weighted by Gasteiger charge is 2.24. The number of hydrogen-bond acceptors (Lipinski definition) is 6. The molecular formula is C16H20N6OS. The monoisotopic (exact) mass is 344 g/mol. The molecule has 1 fully saturated rings. The largest absolute Gasteiger partial charge is 0.293 e. The summed E-state index contributed by atoms with van der Waals surface area (Å²) in [7, 11) is 0. The van der Waals surface area contributed by atoms with Gasteiger partial charge in [0.05, 0.1) is 12.2 Å². The average molecular weight is 344 g/mol. The van der Waals surface area contributed by atoms with Crippen molar-refractivity contribution >= 4 is 16.3 Å². The van der Waals surface area contributed by atoms with E-state index >= 15 is 0 Å². The minimum absolute atomic E-state index is 0.0972. The summed E-state index contributed by atoms with van der Waals surface area (Å²) >= 11 is 1.46. The van der Waals surface area contributed by atoms with Crippen LogP contribution in [-0.2, 0) is 13.1 Å². The molecule has 4 heterocycles. The van der Waals surface area contributed by atoms with E-state index in [0.717, 1.165) is 30.2 Å². The van der Waals surface area contributed by atoms with E-state index in [4.69, 9.17) is 0 Å². The number of aromatic nitrogens is 5. The summed E-state index contributed by atoms with van der Waals surface area (Å²) in [5, 5.41) is 9.38. The SMILES string of the molecule is Cc1nn2c(=O)cc(CN3CCCC[C@@H]3Cn3cccn3)nc2s1. The van der Waals surface area contributed by atoms with Crippen LogP contribution in [0.2, 0.25) is 0 Å². The highest BCUT2D eigenvalue weighted by Crippen LogP contribution is 2.20. The average Bonchev–Trinajstić information content (AvgIpc) is 3.18. The van der Waals surface area contributed by atoms with Crippen LogP contribution in [0.3, 0.4) is 0 Å². The zero-order valence-corrected chi connectivity index (χ0v) is 14.4. The fraction of sp³-hybridized carbons (Fsp3) is 0.500. The van der Waals surface area contributed by atoms with Crippen LogP contribution in [0.5, 0.6) is 0 Å². The van der Waals surface area contributed by atoms with Crippen molar-refractivity contribution in [2.75, 3.05) is 6.54 Å². The van der Waals surface area contributed by atoms with Crippen molar-refractivity contribution in [2.45, 2.75) is 45.3 Å². The number of nitrogens with zero attached hydrogens (tertiary/aromatic N) is 6. The number of rotatable bonds is 4. The van der Waals surface area contributed by atoms with Gasteiger partial charge in [0.25, 0.3) is 5.56 Å². The predicted molar refractivity (Wildman–Crippen MR) is 92.1 cm³/mol. The lowest BCUT2D eigenvalue weighted by atomic mass is 10.0. The van der Waals surface area contributed by atoms with Gasteiger partial charge in [-0.25, -0.2) is 4.98 Å². The Kier molecular flexibility index (Phi) is 4.15. The molecule has 1 aliphatic heterocycles. The van der Waals surface area contributed by atoms with E-state index in [1.807, 2.05) is 30.1 Å². The first-order valence-electron chi connectivity index (χ1n) is 8.27. The van der Waals surface area contributed by atoms with E-state index in [1.165, 1.54) is 28.7 Å². The van der Waals surface area contributed by atoms with E-state index in [-0.39, 0.29) is 5.56 Å². The first kappa shape index (κ1) is 15.5. The summed E-state index contributed by atoms with van der Waals surface area (Å²) in [5.41, 5.74) is 0.732. The van der Waals surface area contributed by atoms with Crippen molar-refractivity contribution in [1.29, 1.82) is 0 Å². The maximum Gasteiger partial charge on any atom is 0.275 e. The Hall–Kier alpha value is -2.06. The third kappa shape index (κ3) is 3.11. The highest BCUT2D eigenvalue weighted by molar-refractivity contribution is 7.16. The molecule has 0 aliphatic carbocycles. The quantitative estimate of drug-likeness (QED) is 0.721. The number of fused-ring (bicyclic) bond motifs is 1. The summed E-state index contributed by atoms with van der Waals surface area (Å²) < 4.78 is 3.38. The minimum atomic E-state index is -0.0972. The van der Waals surface area contributed by atoms with Crippen LogP contribution < -0.4 is 5.56 Å². The molecule has 24 heavy (non-hydrogen) atoms. The molecule has 7 nitrogen and oxygen atoms in total. The smallest absolute Gasteiger partial charge is 0.275 e. The number of aryl methyl sites for hydroxylation is 1. The second-order valence-corrected chi connectivity index (χ2v) is 7.41. The molecule has 3 aromatic rings. The third-order valence-electron chi connectivity index (χ3n) is 4.47. The molecule has 1 aliphatic rings. The maximum absolute atomic E-state index is 12.2. The molecule has 0 spiro atoms. The van der Waals surface area contributed by atoms with E-state index < -0.39 is 0 Å². The number of piperidine rings is 1. The molecule has 4 rings (SSSR count). The third-order valence-corrected chi connectivity index (χ3v) is 5.29. The first-order valence-corrected chi connectivity index (χ1v) is 9.08. The van der Waals surface area contributed by atoms with Crippen molar-refractivity contribution in [2.24, 2.45) is 0 Å². The van der Waals surface area contributed by atoms with Gasteiger partial charge in [0.1, 0.15) is 5.01 Å². The lowest BCUT2D eigenvalue weighted by Crippen LogP contribution is -2.42. The van der Waals surface area contributed by atoms with Crippen LogP contribution in [0.25, 0.3) is 4.96 Å². The van der Waals surface area contributed by atoms with Crippen molar-refractivity contribution in [3.63, 3.8) is 0 Å². The molecule has 0 N–H and O–H groups in total. The van der Waals surface area contributed by atoms with Crippen LogP contribution >= 0.6 is 11.3 Å². The van der Waals surface area contributed by atoms with Crippen molar-refractivity contribution in [3.8, 4) is 0 Å². The molecule has 0 amide bonds. The lowest BCUT2D eigenvalue weighted by molar-refractivity contribution is 0.120. The Morgan fingerprint density at radius 3 is 3.12 bits per heavy atom. The molecule has 0 unspecified atom stereocenters. The first-order chi connectivity index (χ1) is 11.7. The topological polar surface area (TPSA) is 68.3 Å².